The number of pyridine rings is 3. The minimum Gasteiger partial charge on any atom is -0.265 e. The summed E-state index contributed by atoms with van der Waals surface area (Å²) in [6.07, 6.45) is 7.16. The summed E-state index contributed by atoms with van der Waals surface area (Å²) >= 11 is 0. The van der Waals surface area contributed by atoms with E-state index < -0.39 is 0 Å². The van der Waals surface area contributed by atoms with Gasteiger partial charge in [0.25, 0.3) is 0 Å². The standard InChI is InChI=1S/C21H15N3/c1-2-4-16(5-3-1)19-14-20(17-6-10-22-11-7-17)24-21(15-19)18-8-12-23-13-9-18/h1-15H. The second kappa shape index (κ2) is 6.42. The van der Waals surface area contributed by atoms with E-state index in [0.717, 1.165) is 28.1 Å². The summed E-state index contributed by atoms with van der Waals surface area (Å²) in [5.41, 5.74) is 6.29. The molecule has 0 N–H and O–H groups in total. The first-order chi connectivity index (χ1) is 11.9. The maximum Gasteiger partial charge on any atom is 0.0716 e. The fraction of sp³-hybridized carbons (Fsp3) is 0. The summed E-state index contributed by atoms with van der Waals surface area (Å²) in [4.78, 5) is 13.0. The van der Waals surface area contributed by atoms with Gasteiger partial charge < -0.3 is 0 Å². The Labute approximate surface area is 140 Å². The fourth-order valence-corrected chi connectivity index (χ4v) is 2.67. The molecule has 3 heterocycles. The van der Waals surface area contributed by atoms with Gasteiger partial charge in [-0.05, 0) is 47.5 Å². The van der Waals surface area contributed by atoms with E-state index in [2.05, 4.69) is 34.2 Å². The van der Waals surface area contributed by atoms with E-state index in [1.807, 2.05) is 42.5 Å². The van der Waals surface area contributed by atoms with E-state index in [-0.39, 0.29) is 0 Å². The number of benzene rings is 1. The van der Waals surface area contributed by atoms with Gasteiger partial charge in [0.15, 0.2) is 0 Å². The first kappa shape index (κ1) is 14.3. The minimum absolute atomic E-state index is 0.936. The van der Waals surface area contributed by atoms with Crippen LogP contribution in [0.4, 0.5) is 0 Å². The van der Waals surface area contributed by atoms with Crippen molar-refractivity contribution in [2.75, 3.05) is 0 Å². The average Bonchev–Trinajstić information content (AvgIpc) is 2.70. The molecule has 0 aliphatic carbocycles. The molecule has 0 radical (unpaired) electrons. The van der Waals surface area contributed by atoms with Crippen molar-refractivity contribution in [3.05, 3.63) is 91.5 Å². The molecular formula is C21H15N3. The van der Waals surface area contributed by atoms with Crippen molar-refractivity contribution in [3.63, 3.8) is 0 Å². The molecule has 3 nitrogen and oxygen atoms in total. The van der Waals surface area contributed by atoms with Gasteiger partial charge in [0.1, 0.15) is 0 Å². The van der Waals surface area contributed by atoms with Gasteiger partial charge >= 0.3 is 0 Å². The molecule has 0 fully saturated rings. The Balaban J connectivity index is 1.92. The Bertz CT molecular complexity index is 797. The molecular weight excluding hydrogens is 294 g/mol. The van der Waals surface area contributed by atoms with Crippen LogP contribution in [0.5, 0.6) is 0 Å². The van der Waals surface area contributed by atoms with Crippen LogP contribution in [0, 0.1) is 0 Å². The maximum absolute atomic E-state index is 4.84. The van der Waals surface area contributed by atoms with Crippen LogP contribution in [-0.2, 0) is 0 Å². The first-order valence-electron chi connectivity index (χ1n) is 7.78. The normalized spacial score (nSPS) is 10.5. The highest BCUT2D eigenvalue weighted by atomic mass is 14.7. The highest BCUT2D eigenvalue weighted by molar-refractivity contribution is 5.76. The SMILES string of the molecule is c1ccc(-c2cc(-c3ccncc3)nc(-c3ccncc3)c2)cc1. The van der Waals surface area contributed by atoms with Gasteiger partial charge in [-0.2, -0.15) is 0 Å². The van der Waals surface area contributed by atoms with Crippen LogP contribution < -0.4 is 0 Å². The van der Waals surface area contributed by atoms with Crippen molar-refractivity contribution < 1.29 is 0 Å². The van der Waals surface area contributed by atoms with E-state index in [4.69, 9.17) is 4.98 Å². The molecule has 0 amide bonds. The zero-order chi connectivity index (χ0) is 16.2. The lowest BCUT2D eigenvalue weighted by Crippen LogP contribution is -1.91. The summed E-state index contributed by atoms with van der Waals surface area (Å²) in [6.45, 7) is 0. The Hall–Kier alpha value is -3.33. The van der Waals surface area contributed by atoms with Crippen molar-refractivity contribution in [2.24, 2.45) is 0 Å². The molecule has 3 aromatic heterocycles. The highest BCUT2D eigenvalue weighted by Crippen LogP contribution is 2.29. The van der Waals surface area contributed by atoms with E-state index in [0.29, 0.717) is 0 Å². The zero-order valence-corrected chi connectivity index (χ0v) is 13.0. The highest BCUT2D eigenvalue weighted by Gasteiger charge is 2.08. The summed E-state index contributed by atoms with van der Waals surface area (Å²) in [5, 5.41) is 0. The first-order valence-corrected chi connectivity index (χ1v) is 7.78. The second-order valence-corrected chi connectivity index (χ2v) is 5.46. The molecule has 0 bridgehead atoms. The summed E-state index contributed by atoms with van der Waals surface area (Å²) in [5.74, 6) is 0. The van der Waals surface area contributed by atoms with Crippen LogP contribution >= 0.6 is 0 Å². The third-order valence-corrected chi connectivity index (χ3v) is 3.88. The van der Waals surface area contributed by atoms with Gasteiger partial charge in [0.2, 0.25) is 0 Å². The maximum atomic E-state index is 4.84. The molecule has 0 atom stereocenters. The monoisotopic (exact) mass is 309 g/mol. The Morgan fingerprint density at radius 2 is 0.958 bits per heavy atom. The third kappa shape index (κ3) is 2.92. The Kier molecular flexibility index (Phi) is 3.82. The summed E-state index contributed by atoms with van der Waals surface area (Å²) in [7, 11) is 0. The number of nitrogens with zero attached hydrogens (tertiary/aromatic N) is 3. The molecule has 4 rings (SSSR count). The quantitative estimate of drug-likeness (QED) is 0.542. The topological polar surface area (TPSA) is 38.7 Å². The zero-order valence-electron chi connectivity index (χ0n) is 13.0. The van der Waals surface area contributed by atoms with E-state index >= 15 is 0 Å². The molecule has 3 heteroatoms. The van der Waals surface area contributed by atoms with Gasteiger partial charge in [-0.3, -0.25) is 9.97 Å². The number of rotatable bonds is 3. The predicted molar refractivity (Wildman–Crippen MR) is 96.1 cm³/mol. The molecule has 24 heavy (non-hydrogen) atoms. The largest absolute Gasteiger partial charge is 0.265 e. The molecule has 0 saturated heterocycles. The molecule has 4 aromatic rings. The van der Waals surface area contributed by atoms with E-state index in [1.54, 1.807) is 24.8 Å². The molecule has 1 aromatic carbocycles. The summed E-state index contributed by atoms with van der Waals surface area (Å²) < 4.78 is 0. The van der Waals surface area contributed by atoms with Crippen molar-refractivity contribution in [1.29, 1.82) is 0 Å². The second-order valence-electron chi connectivity index (χ2n) is 5.46. The Morgan fingerprint density at radius 3 is 1.46 bits per heavy atom. The molecule has 0 aliphatic heterocycles. The molecule has 0 saturated carbocycles. The van der Waals surface area contributed by atoms with Gasteiger partial charge in [0, 0.05) is 35.9 Å². The summed E-state index contributed by atoms with van der Waals surface area (Å²) in [6, 6.07) is 22.5. The number of hydrogen-bond donors (Lipinski definition) is 0. The molecule has 0 spiro atoms. The van der Waals surface area contributed by atoms with Crippen LogP contribution in [0.2, 0.25) is 0 Å². The Morgan fingerprint density at radius 1 is 0.458 bits per heavy atom. The van der Waals surface area contributed by atoms with Crippen LogP contribution in [0.15, 0.2) is 91.5 Å². The smallest absolute Gasteiger partial charge is 0.0716 e. The predicted octanol–water partition coefficient (Wildman–Crippen LogP) is 4.87. The lowest BCUT2D eigenvalue weighted by atomic mass is 10.0. The van der Waals surface area contributed by atoms with Crippen LogP contribution in [0.1, 0.15) is 0 Å². The van der Waals surface area contributed by atoms with Crippen LogP contribution in [0.3, 0.4) is 0 Å². The van der Waals surface area contributed by atoms with Gasteiger partial charge in [0.05, 0.1) is 11.4 Å². The third-order valence-electron chi connectivity index (χ3n) is 3.88. The number of hydrogen-bond acceptors (Lipinski definition) is 3. The minimum atomic E-state index is 0.936. The van der Waals surface area contributed by atoms with Gasteiger partial charge in [-0.15, -0.1) is 0 Å². The van der Waals surface area contributed by atoms with Crippen molar-refractivity contribution in [3.8, 4) is 33.6 Å². The van der Waals surface area contributed by atoms with Crippen molar-refractivity contribution >= 4 is 0 Å². The average molecular weight is 309 g/mol. The van der Waals surface area contributed by atoms with Crippen LogP contribution in [0.25, 0.3) is 33.6 Å². The lowest BCUT2D eigenvalue weighted by Gasteiger charge is -2.10. The fourth-order valence-electron chi connectivity index (χ4n) is 2.67. The number of aromatic nitrogens is 3. The lowest BCUT2D eigenvalue weighted by molar-refractivity contribution is 1.27. The molecule has 114 valence electrons. The van der Waals surface area contributed by atoms with E-state index in [9.17, 15) is 0 Å². The molecule has 0 unspecified atom stereocenters. The van der Waals surface area contributed by atoms with Gasteiger partial charge in [-0.1, -0.05) is 30.3 Å². The van der Waals surface area contributed by atoms with Crippen molar-refractivity contribution in [2.45, 2.75) is 0 Å². The van der Waals surface area contributed by atoms with Gasteiger partial charge in [-0.25, -0.2) is 4.98 Å². The molecule has 0 aliphatic rings. The van der Waals surface area contributed by atoms with Crippen LogP contribution in [-0.4, -0.2) is 15.0 Å². The van der Waals surface area contributed by atoms with Crippen molar-refractivity contribution in [1.82, 2.24) is 15.0 Å². The van der Waals surface area contributed by atoms with E-state index in [1.165, 1.54) is 5.56 Å².